The monoisotopic (exact) mass is 236 g/mol. The van der Waals surface area contributed by atoms with Crippen LogP contribution in [0.1, 0.15) is 11.5 Å². The van der Waals surface area contributed by atoms with Crippen LogP contribution >= 0.6 is 11.6 Å². The first kappa shape index (κ1) is 11.2. The van der Waals surface area contributed by atoms with E-state index in [0.29, 0.717) is 11.4 Å². The highest BCUT2D eigenvalue weighted by Crippen LogP contribution is 2.23. The number of aliphatic hydroxyl groups excluding tert-OH is 1. The predicted molar refractivity (Wildman–Crippen MR) is 64.6 cm³/mol. The van der Waals surface area contributed by atoms with Gasteiger partial charge in [-0.1, -0.05) is 23.7 Å². The van der Waals surface area contributed by atoms with Crippen molar-refractivity contribution in [3.63, 3.8) is 0 Å². The summed E-state index contributed by atoms with van der Waals surface area (Å²) in [6.45, 7) is 2.06. The van der Waals surface area contributed by atoms with Crippen LogP contribution in [0.3, 0.4) is 0 Å². The standard InChI is InChI=1S/C12H13ClN2O/c1-8-12(15-11(14-8)5-6-16)9-3-2-4-10(13)7-9/h2-4,7,16H,5-6H2,1H3,(H,14,15). The van der Waals surface area contributed by atoms with Gasteiger partial charge in [-0.25, -0.2) is 4.98 Å². The van der Waals surface area contributed by atoms with Gasteiger partial charge in [0.05, 0.1) is 12.3 Å². The zero-order chi connectivity index (χ0) is 11.5. The molecule has 1 aromatic carbocycles. The van der Waals surface area contributed by atoms with E-state index in [4.69, 9.17) is 16.7 Å². The van der Waals surface area contributed by atoms with Crippen molar-refractivity contribution in [2.75, 3.05) is 6.61 Å². The van der Waals surface area contributed by atoms with E-state index < -0.39 is 0 Å². The largest absolute Gasteiger partial charge is 0.396 e. The first-order chi connectivity index (χ1) is 7.70. The van der Waals surface area contributed by atoms with Crippen LogP contribution in [-0.2, 0) is 6.42 Å². The molecule has 16 heavy (non-hydrogen) atoms. The fraction of sp³-hybridized carbons (Fsp3) is 0.250. The van der Waals surface area contributed by atoms with Crippen molar-refractivity contribution in [1.29, 1.82) is 0 Å². The second-order valence-electron chi connectivity index (χ2n) is 3.64. The number of nitrogens with one attached hydrogen (secondary N) is 1. The Morgan fingerprint density at radius 2 is 2.25 bits per heavy atom. The Kier molecular flexibility index (Phi) is 3.27. The summed E-state index contributed by atoms with van der Waals surface area (Å²) in [5.41, 5.74) is 2.88. The summed E-state index contributed by atoms with van der Waals surface area (Å²) in [4.78, 5) is 7.59. The van der Waals surface area contributed by atoms with Crippen LogP contribution in [0, 0.1) is 6.92 Å². The molecule has 0 fully saturated rings. The molecule has 0 unspecified atom stereocenters. The van der Waals surface area contributed by atoms with Gasteiger partial charge in [-0.2, -0.15) is 0 Å². The Morgan fingerprint density at radius 3 is 2.94 bits per heavy atom. The molecule has 0 aliphatic heterocycles. The molecule has 2 N–H and O–H groups in total. The number of imidazole rings is 1. The minimum atomic E-state index is 0.0991. The summed E-state index contributed by atoms with van der Waals surface area (Å²) in [6.07, 6.45) is 0.543. The minimum Gasteiger partial charge on any atom is -0.396 e. The Bertz CT molecular complexity index is 494. The van der Waals surface area contributed by atoms with Crippen molar-refractivity contribution < 1.29 is 5.11 Å². The third kappa shape index (κ3) is 2.26. The van der Waals surface area contributed by atoms with Crippen molar-refractivity contribution in [2.24, 2.45) is 0 Å². The molecule has 0 saturated heterocycles. The highest BCUT2D eigenvalue weighted by molar-refractivity contribution is 6.30. The zero-order valence-corrected chi connectivity index (χ0v) is 9.75. The highest BCUT2D eigenvalue weighted by atomic mass is 35.5. The van der Waals surface area contributed by atoms with Crippen LogP contribution in [0.5, 0.6) is 0 Å². The molecule has 0 amide bonds. The average Bonchev–Trinajstić information content (AvgIpc) is 2.60. The van der Waals surface area contributed by atoms with Crippen LogP contribution in [0.25, 0.3) is 11.3 Å². The Balaban J connectivity index is 2.40. The number of aliphatic hydroxyl groups is 1. The quantitative estimate of drug-likeness (QED) is 0.861. The third-order valence-electron chi connectivity index (χ3n) is 2.38. The number of hydrogen-bond donors (Lipinski definition) is 2. The molecule has 1 aromatic heterocycles. The molecule has 2 aromatic rings. The molecule has 0 atom stereocenters. The fourth-order valence-electron chi connectivity index (χ4n) is 1.66. The van der Waals surface area contributed by atoms with E-state index in [1.165, 1.54) is 0 Å². The fourth-order valence-corrected chi connectivity index (χ4v) is 1.85. The number of aromatic nitrogens is 2. The number of hydrogen-bond acceptors (Lipinski definition) is 2. The number of nitrogens with zero attached hydrogens (tertiary/aromatic N) is 1. The van der Waals surface area contributed by atoms with E-state index in [0.717, 1.165) is 22.8 Å². The van der Waals surface area contributed by atoms with Gasteiger partial charge in [-0.3, -0.25) is 0 Å². The van der Waals surface area contributed by atoms with E-state index in [2.05, 4.69) is 9.97 Å². The summed E-state index contributed by atoms with van der Waals surface area (Å²) in [5.74, 6) is 0.801. The van der Waals surface area contributed by atoms with Gasteiger partial charge in [0, 0.05) is 22.7 Å². The molecule has 0 saturated carbocycles. The predicted octanol–water partition coefficient (Wildman–Crippen LogP) is 2.57. The maximum absolute atomic E-state index is 8.85. The lowest BCUT2D eigenvalue weighted by molar-refractivity contribution is 0.297. The second kappa shape index (κ2) is 4.68. The van der Waals surface area contributed by atoms with Crippen molar-refractivity contribution >= 4 is 11.6 Å². The number of aryl methyl sites for hydroxylation is 1. The van der Waals surface area contributed by atoms with Gasteiger partial charge in [0.1, 0.15) is 5.82 Å². The molecule has 0 aliphatic carbocycles. The van der Waals surface area contributed by atoms with Crippen molar-refractivity contribution in [3.8, 4) is 11.3 Å². The topological polar surface area (TPSA) is 48.9 Å². The number of benzene rings is 1. The van der Waals surface area contributed by atoms with Crippen molar-refractivity contribution in [1.82, 2.24) is 9.97 Å². The van der Waals surface area contributed by atoms with Gasteiger partial charge in [-0.05, 0) is 19.1 Å². The zero-order valence-electron chi connectivity index (χ0n) is 9.00. The molecular weight excluding hydrogens is 224 g/mol. The number of H-pyrrole nitrogens is 1. The highest BCUT2D eigenvalue weighted by Gasteiger charge is 2.08. The molecule has 0 spiro atoms. The van der Waals surface area contributed by atoms with E-state index in [9.17, 15) is 0 Å². The molecule has 0 aliphatic rings. The smallest absolute Gasteiger partial charge is 0.109 e. The Morgan fingerprint density at radius 1 is 1.44 bits per heavy atom. The van der Waals surface area contributed by atoms with E-state index in [1.807, 2.05) is 31.2 Å². The number of halogens is 1. The maximum atomic E-state index is 8.85. The van der Waals surface area contributed by atoms with Gasteiger partial charge in [0.25, 0.3) is 0 Å². The van der Waals surface area contributed by atoms with Crippen LogP contribution < -0.4 is 0 Å². The summed E-state index contributed by atoms with van der Waals surface area (Å²) in [5, 5.41) is 9.55. The van der Waals surface area contributed by atoms with Crippen LogP contribution in [0.15, 0.2) is 24.3 Å². The van der Waals surface area contributed by atoms with Gasteiger partial charge in [-0.15, -0.1) is 0 Å². The number of aromatic amines is 1. The van der Waals surface area contributed by atoms with Crippen molar-refractivity contribution in [3.05, 3.63) is 40.8 Å². The van der Waals surface area contributed by atoms with Crippen LogP contribution in [0.2, 0.25) is 5.02 Å². The first-order valence-electron chi connectivity index (χ1n) is 5.13. The minimum absolute atomic E-state index is 0.0991. The molecule has 1 heterocycles. The van der Waals surface area contributed by atoms with Gasteiger partial charge >= 0.3 is 0 Å². The summed E-state index contributed by atoms with van der Waals surface area (Å²) in [7, 11) is 0. The first-order valence-corrected chi connectivity index (χ1v) is 5.51. The SMILES string of the molecule is Cc1[nH]c(CCO)nc1-c1cccc(Cl)c1. The molecule has 4 heteroatoms. The lowest BCUT2D eigenvalue weighted by Gasteiger charge is -1.98. The second-order valence-corrected chi connectivity index (χ2v) is 4.08. The molecule has 3 nitrogen and oxygen atoms in total. The molecule has 2 rings (SSSR count). The van der Waals surface area contributed by atoms with Gasteiger partial charge < -0.3 is 10.1 Å². The lowest BCUT2D eigenvalue weighted by Crippen LogP contribution is -1.92. The van der Waals surface area contributed by atoms with Crippen LogP contribution in [0.4, 0.5) is 0 Å². The van der Waals surface area contributed by atoms with Gasteiger partial charge in [0.15, 0.2) is 0 Å². The van der Waals surface area contributed by atoms with E-state index in [1.54, 1.807) is 0 Å². The Labute approximate surface area is 99.1 Å². The molecule has 0 bridgehead atoms. The molecule has 84 valence electrons. The van der Waals surface area contributed by atoms with E-state index in [-0.39, 0.29) is 6.61 Å². The van der Waals surface area contributed by atoms with E-state index >= 15 is 0 Å². The third-order valence-corrected chi connectivity index (χ3v) is 2.62. The normalized spacial score (nSPS) is 10.7. The number of rotatable bonds is 3. The van der Waals surface area contributed by atoms with Crippen LogP contribution in [-0.4, -0.2) is 21.7 Å². The summed E-state index contributed by atoms with van der Waals surface area (Å²) in [6, 6.07) is 7.59. The Hall–Kier alpha value is -1.32. The van der Waals surface area contributed by atoms with Gasteiger partial charge in [0.2, 0.25) is 0 Å². The van der Waals surface area contributed by atoms with Crippen molar-refractivity contribution in [2.45, 2.75) is 13.3 Å². The average molecular weight is 237 g/mol. The molecule has 0 radical (unpaired) electrons. The lowest BCUT2D eigenvalue weighted by atomic mass is 10.1. The molecular formula is C12H13ClN2O. The summed E-state index contributed by atoms with van der Waals surface area (Å²) >= 11 is 5.94. The maximum Gasteiger partial charge on any atom is 0.109 e. The summed E-state index contributed by atoms with van der Waals surface area (Å²) < 4.78 is 0.